The van der Waals surface area contributed by atoms with Gasteiger partial charge in [-0.1, -0.05) is 58.1 Å². The topological polar surface area (TPSA) is 52.1 Å². The molecule has 174 valence electrons. The first-order valence-corrected chi connectivity index (χ1v) is 12.7. The van der Waals surface area contributed by atoms with E-state index in [4.69, 9.17) is 4.74 Å². The summed E-state index contributed by atoms with van der Waals surface area (Å²) in [5.41, 5.74) is 2.76. The lowest BCUT2D eigenvalue weighted by atomic mass is 9.78. The van der Waals surface area contributed by atoms with Gasteiger partial charge in [-0.25, -0.2) is 14.8 Å². The zero-order valence-electron chi connectivity index (χ0n) is 20.2. The van der Waals surface area contributed by atoms with E-state index in [2.05, 4.69) is 23.8 Å². The van der Waals surface area contributed by atoms with Crippen molar-refractivity contribution >= 4 is 5.97 Å². The fraction of sp³-hybridized carbons (Fsp3) is 0.607. The van der Waals surface area contributed by atoms with Crippen molar-refractivity contribution in [2.24, 2.45) is 5.92 Å². The molecule has 0 bridgehead atoms. The van der Waals surface area contributed by atoms with Gasteiger partial charge < -0.3 is 4.74 Å². The van der Waals surface area contributed by atoms with E-state index in [-0.39, 0.29) is 12.1 Å². The number of benzene rings is 1. The first-order valence-electron chi connectivity index (χ1n) is 12.7. The molecule has 0 amide bonds. The van der Waals surface area contributed by atoms with E-state index in [0.29, 0.717) is 17.3 Å². The van der Waals surface area contributed by atoms with Crippen LogP contribution in [0.25, 0.3) is 11.4 Å². The molecule has 1 aliphatic rings. The van der Waals surface area contributed by atoms with Crippen LogP contribution in [0.4, 0.5) is 0 Å². The van der Waals surface area contributed by atoms with E-state index >= 15 is 0 Å². The minimum atomic E-state index is -0.255. The minimum absolute atomic E-state index is 0.0491. The second-order valence-corrected chi connectivity index (χ2v) is 9.49. The Bertz CT molecular complexity index is 808. The minimum Gasteiger partial charge on any atom is -0.459 e. The van der Waals surface area contributed by atoms with Crippen LogP contribution in [0.5, 0.6) is 0 Å². The van der Waals surface area contributed by atoms with Gasteiger partial charge in [-0.15, -0.1) is 0 Å². The molecule has 1 aliphatic carbocycles. The molecule has 4 heteroatoms. The number of aromatic nitrogens is 2. The lowest BCUT2D eigenvalue weighted by Crippen LogP contribution is -2.15. The zero-order valence-corrected chi connectivity index (χ0v) is 20.2. The molecule has 0 saturated heterocycles. The predicted molar refractivity (Wildman–Crippen MR) is 131 cm³/mol. The smallest absolute Gasteiger partial charge is 0.338 e. The normalized spacial score (nSPS) is 19.5. The fourth-order valence-electron chi connectivity index (χ4n) is 4.81. The Balaban J connectivity index is 1.51. The van der Waals surface area contributed by atoms with Gasteiger partial charge in [0.2, 0.25) is 0 Å². The van der Waals surface area contributed by atoms with Crippen molar-refractivity contribution in [3.63, 3.8) is 0 Å². The predicted octanol–water partition coefficient (Wildman–Crippen LogP) is 7.73. The molecule has 32 heavy (non-hydrogen) atoms. The third-order valence-corrected chi connectivity index (χ3v) is 6.84. The molecular formula is C28H40N2O2. The van der Waals surface area contributed by atoms with Gasteiger partial charge in [-0.2, -0.15) is 0 Å². The SMILES string of the molecule is CCCCCCC(C)OC(=O)c1ccc(-c2ncc(C3CCC(CCC)CC3)cn2)cc1. The monoisotopic (exact) mass is 436 g/mol. The molecular weight excluding hydrogens is 396 g/mol. The summed E-state index contributed by atoms with van der Waals surface area (Å²) in [6.45, 7) is 6.46. The van der Waals surface area contributed by atoms with Gasteiger partial charge in [-0.3, -0.25) is 0 Å². The summed E-state index contributed by atoms with van der Waals surface area (Å²) < 4.78 is 5.60. The van der Waals surface area contributed by atoms with Gasteiger partial charge >= 0.3 is 5.97 Å². The highest BCUT2D eigenvalue weighted by Crippen LogP contribution is 2.37. The summed E-state index contributed by atoms with van der Waals surface area (Å²) in [6.07, 6.45) is 17.4. The highest BCUT2D eigenvalue weighted by atomic mass is 16.5. The van der Waals surface area contributed by atoms with Crippen LogP contribution in [0.1, 0.15) is 113 Å². The molecule has 1 fully saturated rings. The lowest BCUT2D eigenvalue weighted by Gasteiger charge is -2.28. The fourth-order valence-corrected chi connectivity index (χ4v) is 4.81. The number of hydrogen-bond acceptors (Lipinski definition) is 4. The van der Waals surface area contributed by atoms with Crippen LogP contribution in [-0.4, -0.2) is 22.0 Å². The Morgan fingerprint density at radius 2 is 1.66 bits per heavy atom. The average molecular weight is 437 g/mol. The van der Waals surface area contributed by atoms with Gasteiger partial charge in [0.25, 0.3) is 0 Å². The van der Waals surface area contributed by atoms with Crippen molar-refractivity contribution < 1.29 is 9.53 Å². The second kappa shape index (κ2) is 12.7. The van der Waals surface area contributed by atoms with Crippen LogP contribution in [0.3, 0.4) is 0 Å². The number of nitrogens with zero attached hydrogens (tertiary/aromatic N) is 2. The highest BCUT2D eigenvalue weighted by Gasteiger charge is 2.22. The quantitative estimate of drug-likeness (QED) is 0.267. The zero-order chi connectivity index (χ0) is 22.8. The summed E-state index contributed by atoms with van der Waals surface area (Å²) in [7, 11) is 0. The molecule has 1 saturated carbocycles. The molecule has 0 aliphatic heterocycles. The van der Waals surface area contributed by atoms with Gasteiger partial charge in [-0.05, 0) is 75.0 Å². The Kier molecular flexibility index (Phi) is 9.70. The number of ether oxygens (including phenoxy) is 1. The molecule has 2 aromatic rings. The van der Waals surface area contributed by atoms with Gasteiger partial charge in [0.15, 0.2) is 5.82 Å². The van der Waals surface area contributed by atoms with Crippen molar-refractivity contribution in [3.8, 4) is 11.4 Å². The van der Waals surface area contributed by atoms with E-state index in [1.54, 1.807) is 0 Å². The van der Waals surface area contributed by atoms with Crippen LogP contribution in [0.15, 0.2) is 36.7 Å². The third kappa shape index (κ3) is 7.15. The first-order chi connectivity index (χ1) is 15.6. The molecule has 1 aromatic heterocycles. The molecule has 0 N–H and O–H groups in total. The largest absolute Gasteiger partial charge is 0.459 e. The van der Waals surface area contributed by atoms with Crippen molar-refractivity contribution in [2.75, 3.05) is 0 Å². The molecule has 3 rings (SSSR count). The summed E-state index contributed by atoms with van der Waals surface area (Å²) in [4.78, 5) is 21.7. The van der Waals surface area contributed by atoms with E-state index in [0.717, 1.165) is 24.3 Å². The lowest BCUT2D eigenvalue weighted by molar-refractivity contribution is 0.0319. The molecule has 1 heterocycles. The van der Waals surface area contributed by atoms with E-state index in [1.165, 1.54) is 63.4 Å². The molecule has 4 nitrogen and oxygen atoms in total. The first kappa shape index (κ1) is 24.4. The maximum atomic E-state index is 12.4. The third-order valence-electron chi connectivity index (χ3n) is 6.84. The molecule has 0 spiro atoms. The average Bonchev–Trinajstić information content (AvgIpc) is 2.83. The second-order valence-electron chi connectivity index (χ2n) is 9.49. The van der Waals surface area contributed by atoms with Crippen molar-refractivity contribution in [1.82, 2.24) is 9.97 Å². The van der Waals surface area contributed by atoms with Crippen LogP contribution < -0.4 is 0 Å². The number of carbonyl (C=O) groups excluding carboxylic acids is 1. The number of hydrogen-bond donors (Lipinski definition) is 0. The van der Waals surface area contributed by atoms with E-state index in [9.17, 15) is 4.79 Å². The van der Waals surface area contributed by atoms with Crippen molar-refractivity contribution in [2.45, 2.75) is 103 Å². The summed E-state index contributed by atoms with van der Waals surface area (Å²) in [5.74, 6) is 1.95. The number of unbranched alkanes of at least 4 members (excludes halogenated alkanes) is 3. The Labute approximate surface area is 194 Å². The molecule has 0 radical (unpaired) electrons. The number of rotatable bonds is 11. The molecule has 1 atom stereocenters. The van der Waals surface area contributed by atoms with Gasteiger partial charge in [0, 0.05) is 18.0 Å². The summed E-state index contributed by atoms with van der Waals surface area (Å²) in [5, 5.41) is 0. The van der Waals surface area contributed by atoms with E-state index in [1.807, 2.05) is 43.6 Å². The Morgan fingerprint density at radius 1 is 0.969 bits per heavy atom. The highest BCUT2D eigenvalue weighted by molar-refractivity contribution is 5.90. The summed E-state index contributed by atoms with van der Waals surface area (Å²) in [6, 6.07) is 7.45. The van der Waals surface area contributed by atoms with E-state index < -0.39 is 0 Å². The van der Waals surface area contributed by atoms with Crippen LogP contribution in [0.2, 0.25) is 0 Å². The van der Waals surface area contributed by atoms with Crippen molar-refractivity contribution in [3.05, 3.63) is 47.8 Å². The van der Waals surface area contributed by atoms with Crippen molar-refractivity contribution in [1.29, 1.82) is 0 Å². The Hall–Kier alpha value is -2.23. The van der Waals surface area contributed by atoms with Crippen LogP contribution >= 0.6 is 0 Å². The van der Waals surface area contributed by atoms with Gasteiger partial charge in [0.1, 0.15) is 0 Å². The van der Waals surface area contributed by atoms with Crippen LogP contribution in [-0.2, 0) is 4.74 Å². The number of carbonyl (C=O) groups is 1. The van der Waals surface area contributed by atoms with Gasteiger partial charge in [0.05, 0.1) is 11.7 Å². The standard InChI is InChI=1S/C28H40N2O2/c1-4-6-7-8-10-21(3)32-28(31)25-17-15-24(16-18-25)27-29-19-26(20-30-27)23-13-11-22(9-5-2)12-14-23/h15-23H,4-14H2,1-3H3. The maximum Gasteiger partial charge on any atom is 0.338 e. The van der Waals surface area contributed by atoms with Crippen LogP contribution in [0, 0.1) is 5.92 Å². The molecule has 1 aromatic carbocycles. The number of esters is 1. The Morgan fingerprint density at radius 3 is 2.28 bits per heavy atom. The molecule has 1 unspecified atom stereocenters. The maximum absolute atomic E-state index is 12.4. The summed E-state index contributed by atoms with van der Waals surface area (Å²) >= 11 is 0.